The summed E-state index contributed by atoms with van der Waals surface area (Å²) in [5, 5.41) is 4.27. The summed E-state index contributed by atoms with van der Waals surface area (Å²) in [5.41, 5.74) is 17.1. The molecule has 0 saturated heterocycles. The van der Waals surface area contributed by atoms with Crippen LogP contribution in [0.1, 0.15) is 22.3 Å². The van der Waals surface area contributed by atoms with Crippen molar-refractivity contribution in [1.29, 1.82) is 0 Å². The molecular weight excluding hydrogens is 669 g/mol. The number of pyridine rings is 1. The van der Waals surface area contributed by atoms with Crippen LogP contribution in [0.3, 0.4) is 0 Å². The van der Waals surface area contributed by atoms with E-state index in [9.17, 15) is 0 Å². The van der Waals surface area contributed by atoms with Crippen LogP contribution in [-0.2, 0) is 5.41 Å². The van der Waals surface area contributed by atoms with E-state index in [1.54, 1.807) is 0 Å². The van der Waals surface area contributed by atoms with Gasteiger partial charge in [0, 0.05) is 28.3 Å². The summed E-state index contributed by atoms with van der Waals surface area (Å²) < 4.78 is 6.62. The molecule has 2 aromatic heterocycles. The lowest BCUT2D eigenvalue weighted by molar-refractivity contribution is 0.657. The zero-order valence-corrected chi connectivity index (χ0v) is 29.8. The number of rotatable bonds is 4. The predicted molar refractivity (Wildman–Crippen MR) is 225 cm³/mol. The van der Waals surface area contributed by atoms with Crippen LogP contribution in [0.2, 0.25) is 0 Å². The van der Waals surface area contributed by atoms with Crippen molar-refractivity contribution in [3.8, 4) is 33.4 Å². The van der Waals surface area contributed by atoms with E-state index in [1.165, 1.54) is 55.6 Å². The Labute approximate surface area is 318 Å². The van der Waals surface area contributed by atoms with Gasteiger partial charge in [0.15, 0.2) is 0 Å². The molecule has 0 bridgehead atoms. The van der Waals surface area contributed by atoms with Gasteiger partial charge in [-0.15, -0.1) is 0 Å². The molecule has 0 N–H and O–H groups in total. The second-order valence-electron chi connectivity index (χ2n) is 14.6. The summed E-state index contributed by atoms with van der Waals surface area (Å²) in [6.45, 7) is 0. The Bertz CT molecular complexity index is 3110. The molecule has 2 heterocycles. The van der Waals surface area contributed by atoms with Gasteiger partial charge in [-0.1, -0.05) is 152 Å². The van der Waals surface area contributed by atoms with Gasteiger partial charge in [-0.05, 0) is 97.4 Å². The number of hydrogen-bond acceptors (Lipinski definition) is 3. The third kappa shape index (κ3) is 4.12. The van der Waals surface area contributed by atoms with Crippen LogP contribution >= 0.6 is 0 Å². The largest absolute Gasteiger partial charge is 0.437 e. The van der Waals surface area contributed by atoms with Crippen LogP contribution in [0.5, 0.6) is 0 Å². The SMILES string of the molecule is c1ccc(-c2ccc(N(c3ccc4c(c3)-c3ccccc3C43c4ccccc4-c4ccccc43)c3ccnc4oc5c6ccccc6ccc5c34)cc2)cc1. The highest BCUT2D eigenvalue weighted by Gasteiger charge is 2.51. The lowest BCUT2D eigenvalue weighted by atomic mass is 9.70. The molecule has 55 heavy (non-hydrogen) atoms. The van der Waals surface area contributed by atoms with E-state index in [2.05, 4.69) is 193 Å². The number of fused-ring (bicyclic) bond motifs is 15. The fourth-order valence-corrected chi connectivity index (χ4v) is 9.68. The van der Waals surface area contributed by atoms with E-state index in [-0.39, 0.29) is 0 Å². The lowest BCUT2D eigenvalue weighted by Gasteiger charge is -2.31. The van der Waals surface area contributed by atoms with Crippen molar-refractivity contribution in [3.05, 3.63) is 217 Å². The molecule has 0 radical (unpaired) electrons. The average molecular weight is 701 g/mol. The first kappa shape index (κ1) is 30.3. The maximum atomic E-state index is 6.62. The minimum atomic E-state index is -0.397. The Morgan fingerprint density at radius 3 is 1.75 bits per heavy atom. The maximum absolute atomic E-state index is 6.62. The highest BCUT2D eigenvalue weighted by atomic mass is 16.3. The molecule has 0 atom stereocenters. The lowest BCUT2D eigenvalue weighted by Crippen LogP contribution is -2.25. The summed E-state index contributed by atoms with van der Waals surface area (Å²) in [6, 6.07) is 68.4. The Morgan fingerprint density at radius 2 is 1.02 bits per heavy atom. The van der Waals surface area contributed by atoms with E-state index in [4.69, 9.17) is 9.40 Å². The zero-order valence-electron chi connectivity index (χ0n) is 29.8. The molecule has 256 valence electrons. The number of hydrogen-bond donors (Lipinski definition) is 0. The van der Waals surface area contributed by atoms with Gasteiger partial charge in [0.05, 0.1) is 16.5 Å². The molecule has 12 rings (SSSR count). The second kappa shape index (κ2) is 11.4. The topological polar surface area (TPSA) is 29.3 Å². The molecule has 8 aromatic carbocycles. The average Bonchev–Trinajstić information content (AvgIpc) is 3.89. The molecular formula is C52H32N2O. The third-order valence-electron chi connectivity index (χ3n) is 12.0. The Balaban J connectivity index is 1.12. The van der Waals surface area contributed by atoms with Gasteiger partial charge in [0.1, 0.15) is 5.58 Å². The fourth-order valence-electron chi connectivity index (χ4n) is 9.68. The van der Waals surface area contributed by atoms with Crippen LogP contribution in [0.25, 0.3) is 66.2 Å². The first-order valence-electron chi connectivity index (χ1n) is 18.9. The Kier molecular flexibility index (Phi) is 6.26. The molecule has 0 saturated carbocycles. The minimum absolute atomic E-state index is 0.397. The molecule has 3 heteroatoms. The van der Waals surface area contributed by atoms with Gasteiger partial charge in [-0.25, -0.2) is 4.98 Å². The number of benzene rings is 8. The van der Waals surface area contributed by atoms with Gasteiger partial charge < -0.3 is 9.32 Å². The van der Waals surface area contributed by atoms with Crippen molar-refractivity contribution < 1.29 is 4.42 Å². The van der Waals surface area contributed by atoms with Crippen LogP contribution in [0.15, 0.2) is 199 Å². The molecule has 0 fully saturated rings. The molecule has 2 aliphatic carbocycles. The first-order valence-corrected chi connectivity index (χ1v) is 18.9. The molecule has 0 unspecified atom stereocenters. The standard InChI is InChI=1S/C52H32N2O/c1-2-12-33(13-3-1)34-22-25-36(26-23-34)54(48-30-31-53-51-49(48)42-28-24-35-14-4-5-15-38(35)50(42)55-51)37-27-29-47-43(32-37)41-18-8-11-21-46(41)52(47)44-19-9-6-16-39(44)40-17-7-10-20-45(40)52/h1-32H. The maximum Gasteiger partial charge on any atom is 0.229 e. The summed E-state index contributed by atoms with van der Waals surface area (Å²) in [6.07, 6.45) is 1.87. The highest BCUT2D eigenvalue weighted by molar-refractivity contribution is 6.19. The van der Waals surface area contributed by atoms with Gasteiger partial charge in [0.2, 0.25) is 5.71 Å². The molecule has 10 aromatic rings. The normalized spacial score (nSPS) is 13.2. The van der Waals surface area contributed by atoms with Crippen molar-refractivity contribution in [3.63, 3.8) is 0 Å². The minimum Gasteiger partial charge on any atom is -0.437 e. The molecule has 1 spiro atoms. The third-order valence-corrected chi connectivity index (χ3v) is 12.0. The second-order valence-corrected chi connectivity index (χ2v) is 14.6. The van der Waals surface area contributed by atoms with Crippen molar-refractivity contribution in [2.75, 3.05) is 4.90 Å². The van der Waals surface area contributed by atoms with Crippen molar-refractivity contribution in [2.45, 2.75) is 5.41 Å². The number of anilines is 3. The fraction of sp³-hybridized carbons (Fsp3) is 0.0192. The van der Waals surface area contributed by atoms with Crippen LogP contribution < -0.4 is 4.90 Å². The number of aromatic nitrogens is 1. The highest BCUT2D eigenvalue weighted by Crippen LogP contribution is 2.63. The number of furan rings is 1. The van der Waals surface area contributed by atoms with Gasteiger partial charge in [-0.2, -0.15) is 0 Å². The van der Waals surface area contributed by atoms with Gasteiger partial charge >= 0.3 is 0 Å². The Hall–Kier alpha value is -7.23. The van der Waals surface area contributed by atoms with Crippen LogP contribution in [0, 0.1) is 0 Å². The van der Waals surface area contributed by atoms with E-state index in [1.807, 2.05) is 6.20 Å². The first-order chi connectivity index (χ1) is 27.3. The van der Waals surface area contributed by atoms with E-state index < -0.39 is 5.41 Å². The van der Waals surface area contributed by atoms with Crippen molar-refractivity contribution in [1.82, 2.24) is 4.98 Å². The quantitative estimate of drug-likeness (QED) is 0.183. The summed E-state index contributed by atoms with van der Waals surface area (Å²) in [5.74, 6) is 0. The molecule has 0 amide bonds. The molecule has 0 aliphatic heterocycles. The van der Waals surface area contributed by atoms with Crippen LogP contribution in [0.4, 0.5) is 17.1 Å². The van der Waals surface area contributed by atoms with Gasteiger partial charge in [-0.3, -0.25) is 0 Å². The molecule has 3 nitrogen and oxygen atoms in total. The summed E-state index contributed by atoms with van der Waals surface area (Å²) >= 11 is 0. The summed E-state index contributed by atoms with van der Waals surface area (Å²) in [4.78, 5) is 7.18. The van der Waals surface area contributed by atoms with E-state index in [0.29, 0.717) is 5.71 Å². The number of nitrogens with zero attached hydrogens (tertiary/aromatic N) is 2. The monoisotopic (exact) mass is 700 g/mol. The van der Waals surface area contributed by atoms with E-state index >= 15 is 0 Å². The van der Waals surface area contributed by atoms with E-state index in [0.717, 1.165) is 44.2 Å². The van der Waals surface area contributed by atoms with Crippen molar-refractivity contribution in [2.24, 2.45) is 0 Å². The zero-order chi connectivity index (χ0) is 36.1. The van der Waals surface area contributed by atoms with Crippen LogP contribution in [-0.4, -0.2) is 4.98 Å². The predicted octanol–water partition coefficient (Wildman–Crippen LogP) is 13.6. The Morgan fingerprint density at radius 1 is 0.436 bits per heavy atom. The van der Waals surface area contributed by atoms with Gasteiger partial charge in [0.25, 0.3) is 0 Å². The summed E-state index contributed by atoms with van der Waals surface area (Å²) in [7, 11) is 0. The van der Waals surface area contributed by atoms with Crippen molar-refractivity contribution >= 4 is 49.9 Å². The molecule has 2 aliphatic rings. The smallest absolute Gasteiger partial charge is 0.229 e.